The largest absolute Gasteiger partial charge is 0.348 e. The number of amides is 1. The van der Waals surface area contributed by atoms with Crippen LogP contribution in [0, 0.1) is 0 Å². The molecule has 0 spiro atoms. The van der Waals surface area contributed by atoms with Gasteiger partial charge in [0.25, 0.3) is 0 Å². The maximum Gasteiger partial charge on any atom is 0.237 e. The average Bonchev–Trinajstić information content (AvgIpc) is 2.78. The van der Waals surface area contributed by atoms with E-state index in [-0.39, 0.29) is 11.2 Å². The molecule has 1 aliphatic rings. The van der Waals surface area contributed by atoms with Crippen LogP contribution in [-0.2, 0) is 4.79 Å². The molecule has 0 radical (unpaired) electrons. The van der Waals surface area contributed by atoms with Crippen LogP contribution < -0.4 is 0 Å². The van der Waals surface area contributed by atoms with Crippen LogP contribution in [0.15, 0.2) is 29.5 Å². The number of aliphatic imine (C=N–C) groups is 1. The molecule has 0 unspecified atom stereocenters. The molecule has 0 aromatic carbocycles. The van der Waals surface area contributed by atoms with Crippen LogP contribution in [0.1, 0.15) is 5.56 Å². The molecule has 0 fully saturated rings. The Kier molecular flexibility index (Phi) is 3.24. The molecule has 1 aromatic rings. The predicted octanol–water partition coefficient (Wildman–Crippen LogP) is 1.03. The Labute approximate surface area is 98.8 Å². The van der Waals surface area contributed by atoms with Gasteiger partial charge in [0.15, 0.2) is 0 Å². The number of carbonyl (C=O) groups is 1. The minimum Gasteiger partial charge on any atom is -0.348 e. The van der Waals surface area contributed by atoms with Gasteiger partial charge >= 0.3 is 0 Å². The molecule has 0 bridgehead atoms. The summed E-state index contributed by atoms with van der Waals surface area (Å²) in [6.07, 6.45) is 3.50. The van der Waals surface area contributed by atoms with Crippen molar-refractivity contribution in [3.8, 4) is 0 Å². The lowest BCUT2D eigenvalue weighted by Gasteiger charge is -2.14. The number of thioether (sulfide) groups is 1. The summed E-state index contributed by atoms with van der Waals surface area (Å²) in [7, 11) is 3.54. The van der Waals surface area contributed by atoms with Crippen molar-refractivity contribution in [3.05, 3.63) is 30.1 Å². The number of aromatic nitrogens is 1. The van der Waals surface area contributed by atoms with Crippen molar-refractivity contribution in [2.75, 3.05) is 20.6 Å². The molecule has 0 saturated carbocycles. The molecule has 4 nitrogen and oxygen atoms in total. The van der Waals surface area contributed by atoms with Gasteiger partial charge in [0.2, 0.25) is 5.91 Å². The normalized spacial score (nSPS) is 19.4. The summed E-state index contributed by atoms with van der Waals surface area (Å²) in [5, 5.41) is 0.832. The SMILES string of the molecule is CN(C)C(=O)[C@H]1CN=C(c2cccnc2)S1. The van der Waals surface area contributed by atoms with E-state index in [4.69, 9.17) is 0 Å². The number of hydrogen-bond acceptors (Lipinski definition) is 4. The Bertz CT molecular complexity index is 416. The second-order valence-electron chi connectivity index (χ2n) is 3.73. The van der Waals surface area contributed by atoms with Gasteiger partial charge in [0.1, 0.15) is 10.3 Å². The smallest absolute Gasteiger partial charge is 0.237 e. The minimum absolute atomic E-state index is 0.0785. The summed E-state index contributed by atoms with van der Waals surface area (Å²) in [6.45, 7) is 0.561. The van der Waals surface area contributed by atoms with E-state index in [0.29, 0.717) is 6.54 Å². The van der Waals surface area contributed by atoms with Crippen molar-refractivity contribution < 1.29 is 4.79 Å². The third kappa shape index (κ3) is 2.24. The van der Waals surface area contributed by atoms with Crippen LogP contribution in [0.3, 0.4) is 0 Å². The lowest BCUT2D eigenvalue weighted by molar-refractivity contribution is -0.127. The molecule has 84 valence electrons. The van der Waals surface area contributed by atoms with E-state index >= 15 is 0 Å². The second kappa shape index (κ2) is 4.65. The van der Waals surface area contributed by atoms with Gasteiger partial charge in [-0.3, -0.25) is 14.8 Å². The maximum atomic E-state index is 11.7. The molecule has 1 aliphatic heterocycles. The van der Waals surface area contributed by atoms with E-state index in [9.17, 15) is 4.79 Å². The standard InChI is InChI=1S/C11H13N3OS/c1-14(2)11(15)9-7-13-10(16-9)8-4-3-5-12-6-8/h3-6,9H,7H2,1-2H3/t9-/m1/s1. The van der Waals surface area contributed by atoms with Crippen molar-refractivity contribution in [2.24, 2.45) is 4.99 Å². The zero-order chi connectivity index (χ0) is 11.5. The summed E-state index contributed by atoms with van der Waals surface area (Å²) in [5.41, 5.74) is 0.988. The highest BCUT2D eigenvalue weighted by Gasteiger charge is 2.28. The van der Waals surface area contributed by atoms with Crippen molar-refractivity contribution >= 4 is 22.7 Å². The van der Waals surface area contributed by atoms with Gasteiger partial charge in [0.05, 0.1) is 6.54 Å². The van der Waals surface area contributed by atoms with Gasteiger partial charge in [0, 0.05) is 32.1 Å². The quantitative estimate of drug-likeness (QED) is 0.769. The van der Waals surface area contributed by atoms with Crippen LogP contribution in [0.5, 0.6) is 0 Å². The molecule has 5 heteroatoms. The highest BCUT2D eigenvalue weighted by molar-refractivity contribution is 8.15. The Morgan fingerprint density at radius 3 is 3.00 bits per heavy atom. The molecule has 1 aromatic heterocycles. The molecule has 16 heavy (non-hydrogen) atoms. The van der Waals surface area contributed by atoms with Crippen molar-refractivity contribution in [3.63, 3.8) is 0 Å². The molecule has 0 N–H and O–H groups in total. The van der Waals surface area contributed by atoms with Gasteiger partial charge in [-0.05, 0) is 12.1 Å². The molecular formula is C11H13N3OS. The Balaban J connectivity index is 2.06. The van der Waals surface area contributed by atoms with Crippen molar-refractivity contribution in [1.29, 1.82) is 0 Å². The van der Waals surface area contributed by atoms with Crippen LogP contribution in [0.4, 0.5) is 0 Å². The summed E-state index contributed by atoms with van der Waals surface area (Å²) in [6, 6.07) is 3.83. The van der Waals surface area contributed by atoms with E-state index < -0.39 is 0 Å². The van der Waals surface area contributed by atoms with Crippen LogP contribution >= 0.6 is 11.8 Å². The van der Waals surface area contributed by atoms with Gasteiger partial charge in [-0.15, -0.1) is 0 Å². The first-order valence-corrected chi connectivity index (χ1v) is 5.89. The molecule has 0 saturated heterocycles. The third-order valence-corrected chi connectivity index (χ3v) is 3.50. The fourth-order valence-electron chi connectivity index (χ4n) is 1.44. The molecule has 0 aliphatic carbocycles. The Hall–Kier alpha value is -1.36. The van der Waals surface area contributed by atoms with Gasteiger partial charge in [-0.2, -0.15) is 0 Å². The van der Waals surface area contributed by atoms with Gasteiger partial charge in [-0.1, -0.05) is 11.8 Å². The zero-order valence-corrected chi connectivity index (χ0v) is 10.1. The third-order valence-electron chi connectivity index (χ3n) is 2.28. The number of hydrogen-bond donors (Lipinski definition) is 0. The second-order valence-corrected chi connectivity index (χ2v) is 4.92. The van der Waals surface area contributed by atoms with Crippen LogP contribution in [0.2, 0.25) is 0 Å². The van der Waals surface area contributed by atoms with Crippen LogP contribution in [-0.4, -0.2) is 46.7 Å². The zero-order valence-electron chi connectivity index (χ0n) is 9.25. The van der Waals surface area contributed by atoms with Gasteiger partial charge < -0.3 is 4.90 Å². The lowest BCUT2D eigenvalue weighted by Crippen LogP contribution is -2.32. The monoisotopic (exact) mass is 235 g/mol. The summed E-state index contributed by atoms with van der Waals surface area (Å²) >= 11 is 1.52. The molecular weight excluding hydrogens is 222 g/mol. The average molecular weight is 235 g/mol. The Morgan fingerprint density at radius 2 is 2.38 bits per heavy atom. The summed E-state index contributed by atoms with van der Waals surface area (Å²) in [5.74, 6) is 0.118. The van der Waals surface area contributed by atoms with Crippen LogP contribution in [0.25, 0.3) is 0 Å². The fourth-order valence-corrected chi connectivity index (χ4v) is 2.58. The van der Waals surface area contributed by atoms with Crippen molar-refractivity contribution in [2.45, 2.75) is 5.25 Å². The van der Waals surface area contributed by atoms with E-state index in [2.05, 4.69) is 9.98 Å². The predicted molar refractivity (Wildman–Crippen MR) is 65.7 cm³/mol. The Morgan fingerprint density at radius 1 is 1.56 bits per heavy atom. The van der Waals surface area contributed by atoms with E-state index in [1.807, 2.05) is 12.1 Å². The highest BCUT2D eigenvalue weighted by Crippen LogP contribution is 2.26. The fraction of sp³-hybridized carbons (Fsp3) is 0.364. The van der Waals surface area contributed by atoms with E-state index in [1.54, 1.807) is 31.4 Å². The lowest BCUT2D eigenvalue weighted by atomic mass is 10.3. The number of carbonyl (C=O) groups excluding carboxylic acids is 1. The maximum absolute atomic E-state index is 11.7. The molecule has 2 heterocycles. The number of rotatable bonds is 2. The number of pyridine rings is 1. The first kappa shape index (κ1) is 11.1. The van der Waals surface area contributed by atoms with Crippen molar-refractivity contribution in [1.82, 2.24) is 9.88 Å². The first-order valence-electron chi connectivity index (χ1n) is 5.01. The molecule has 1 atom stereocenters. The van der Waals surface area contributed by atoms with Gasteiger partial charge in [-0.25, -0.2) is 0 Å². The molecule has 1 amide bonds. The van der Waals surface area contributed by atoms with E-state index in [1.165, 1.54) is 11.8 Å². The molecule has 2 rings (SSSR count). The highest BCUT2D eigenvalue weighted by atomic mass is 32.2. The first-order chi connectivity index (χ1) is 7.68. The van der Waals surface area contributed by atoms with E-state index in [0.717, 1.165) is 10.6 Å². The topological polar surface area (TPSA) is 45.6 Å². The number of nitrogens with zero attached hydrogens (tertiary/aromatic N) is 3. The minimum atomic E-state index is -0.0785. The summed E-state index contributed by atoms with van der Waals surface area (Å²) < 4.78 is 0. The summed E-state index contributed by atoms with van der Waals surface area (Å²) in [4.78, 5) is 21.8.